The highest BCUT2D eigenvalue weighted by Gasteiger charge is 2.26. The highest BCUT2D eigenvalue weighted by atomic mass is 16.6. The van der Waals surface area contributed by atoms with Crippen LogP contribution in [0.2, 0.25) is 0 Å². The summed E-state index contributed by atoms with van der Waals surface area (Å²) in [7, 11) is 1.53. The van der Waals surface area contributed by atoms with E-state index in [1.165, 1.54) is 14.0 Å². The molecule has 0 unspecified atom stereocenters. The number of methoxy groups -OCH3 is 1. The number of nitrogens with one attached hydrogen (secondary N) is 1. The Kier molecular flexibility index (Phi) is 7.20. The number of benzene rings is 2. The van der Waals surface area contributed by atoms with Gasteiger partial charge in [0, 0.05) is 35.7 Å². The number of carbonyl (C=O) groups is 3. The molecule has 0 spiro atoms. The van der Waals surface area contributed by atoms with Gasteiger partial charge in [-0.05, 0) is 43.7 Å². The summed E-state index contributed by atoms with van der Waals surface area (Å²) >= 11 is 0. The van der Waals surface area contributed by atoms with Gasteiger partial charge in [-0.3, -0.25) is 9.59 Å². The Morgan fingerprint density at radius 2 is 1.77 bits per heavy atom. The molecule has 1 N–H and O–H groups in total. The monoisotopic (exact) mass is 423 g/mol. The van der Waals surface area contributed by atoms with Crippen molar-refractivity contribution in [2.45, 2.75) is 39.4 Å². The zero-order valence-corrected chi connectivity index (χ0v) is 17.8. The molecular formula is C24H25NO6. The van der Waals surface area contributed by atoms with Crippen LogP contribution in [0.5, 0.6) is 0 Å². The molecule has 1 amide bonds. The van der Waals surface area contributed by atoms with E-state index < -0.39 is 12.1 Å². The van der Waals surface area contributed by atoms with E-state index in [1.54, 1.807) is 36.4 Å². The lowest BCUT2D eigenvalue weighted by Gasteiger charge is -2.12. The van der Waals surface area contributed by atoms with Crippen molar-refractivity contribution >= 4 is 34.3 Å². The average molecular weight is 423 g/mol. The van der Waals surface area contributed by atoms with Crippen molar-refractivity contribution in [3.63, 3.8) is 0 Å². The number of ketones is 1. The molecule has 7 heteroatoms. The van der Waals surface area contributed by atoms with Crippen molar-refractivity contribution in [3.05, 3.63) is 65.4 Å². The van der Waals surface area contributed by atoms with E-state index in [0.29, 0.717) is 28.8 Å². The molecule has 31 heavy (non-hydrogen) atoms. The lowest BCUT2D eigenvalue weighted by atomic mass is 10.1. The Balaban J connectivity index is 1.71. The van der Waals surface area contributed by atoms with Crippen LogP contribution in [0.3, 0.4) is 0 Å². The highest BCUT2D eigenvalue weighted by Crippen LogP contribution is 2.27. The maximum Gasteiger partial charge on any atom is 0.375 e. The number of fused-ring (bicyclic) bond motifs is 1. The van der Waals surface area contributed by atoms with Crippen molar-refractivity contribution in [1.82, 2.24) is 0 Å². The van der Waals surface area contributed by atoms with Crippen molar-refractivity contribution in [3.8, 4) is 0 Å². The fraction of sp³-hybridized carbons (Fsp3) is 0.292. The summed E-state index contributed by atoms with van der Waals surface area (Å²) < 4.78 is 16.3. The Morgan fingerprint density at radius 3 is 2.45 bits per heavy atom. The van der Waals surface area contributed by atoms with Crippen LogP contribution in [0.15, 0.2) is 52.9 Å². The van der Waals surface area contributed by atoms with Gasteiger partial charge >= 0.3 is 5.97 Å². The minimum Gasteiger partial charge on any atom is -0.449 e. The molecule has 0 aliphatic rings. The number of furan rings is 1. The zero-order valence-electron chi connectivity index (χ0n) is 17.8. The van der Waals surface area contributed by atoms with Crippen molar-refractivity contribution in [1.29, 1.82) is 0 Å². The number of anilines is 1. The summed E-state index contributed by atoms with van der Waals surface area (Å²) in [5.41, 5.74) is 2.10. The molecule has 3 aromatic rings. The maximum absolute atomic E-state index is 12.7. The van der Waals surface area contributed by atoms with Crippen molar-refractivity contribution < 1.29 is 28.3 Å². The highest BCUT2D eigenvalue weighted by molar-refractivity contribution is 6.02. The number of hydrogen-bond acceptors (Lipinski definition) is 6. The van der Waals surface area contributed by atoms with Crippen LogP contribution in [0, 0.1) is 0 Å². The minimum absolute atomic E-state index is 0.0247. The van der Waals surface area contributed by atoms with Crippen LogP contribution in [0.1, 0.15) is 53.2 Å². The van der Waals surface area contributed by atoms with E-state index in [-0.39, 0.29) is 24.1 Å². The number of amides is 1. The molecule has 0 saturated carbocycles. The Bertz CT molecular complexity index is 1080. The van der Waals surface area contributed by atoms with E-state index in [0.717, 1.165) is 11.8 Å². The molecule has 0 radical (unpaired) electrons. The number of ether oxygens (including phenoxy) is 2. The van der Waals surface area contributed by atoms with E-state index in [9.17, 15) is 14.4 Å². The van der Waals surface area contributed by atoms with E-state index >= 15 is 0 Å². The van der Waals surface area contributed by atoms with E-state index in [1.807, 2.05) is 19.1 Å². The molecule has 2 aromatic carbocycles. The van der Waals surface area contributed by atoms with Gasteiger partial charge in [-0.15, -0.1) is 0 Å². The first-order valence-corrected chi connectivity index (χ1v) is 10.1. The standard InChI is InChI=1S/C24H25NO6/c1-4-7-21(26)25-17-12-10-16(11-13-17)22(27)15(2)30-24(28)23-19(14-29-3)18-8-5-6-9-20(18)31-23/h5-6,8-13,15H,4,7,14H2,1-3H3,(H,25,26)/t15-/m1/s1. The fourth-order valence-corrected chi connectivity index (χ4v) is 3.22. The predicted octanol–water partition coefficient (Wildman–Crippen LogP) is 4.75. The number of rotatable bonds is 9. The SMILES string of the molecule is CCCC(=O)Nc1ccc(C(=O)[C@@H](C)OC(=O)c2oc3ccccc3c2COC)cc1. The summed E-state index contributed by atoms with van der Waals surface area (Å²) in [6, 6.07) is 13.7. The van der Waals surface area contributed by atoms with Crippen LogP contribution in [-0.4, -0.2) is 30.9 Å². The van der Waals surface area contributed by atoms with Crippen LogP contribution >= 0.6 is 0 Å². The number of Topliss-reactive ketones (excluding diaryl/α,β-unsaturated/α-hetero) is 1. The molecule has 0 bridgehead atoms. The third-order valence-corrected chi connectivity index (χ3v) is 4.76. The van der Waals surface area contributed by atoms with Gasteiger partial charge in [0.25, 0.3) is 0 Å². The van der Waals surface area contributed by atoms with Gasteiger partial charge < -0.3 is 19.2 Å². The summed E-state index contributed by atoms with van der Waals surface area (Å²) in [5, 5.41) is 3.52. The first-order valence-electron chi connectivity index (χ1n) is 10.1. The van der Waals surface area contributed by atoms with Gasteiger partial charge in [0.15, 0.2) is 6.10 Å². The zero-order chi connectivity index (χ0) is 22.4. The molecule has 0 fully saturated rings. The van der Waals surface area contributed by atoms with Crippen LogP contribution in [0.25, 0.3) is 11.0 Å². The van der Waals surface area contributed by atoms with Gasteiger partial charge in [-0.25, -0.2) is 4.79 Å². The number of hydrogen-bond donors (Lipinski definition) is 1. The van der Waals surface area contributed by atoms with Crippen LogP contribution in [-0.2, 0) is 20.9 Å². The van der Waals surface area contributed by atoms with Crippen molar-refractivity contribution in [2.75, 3.05) is 12.4 Å². The van der Waals surface area contributed by atoms with Gasteiger partial charge in [-0.1, -0.05) is 25.1 Å². The summed E-state index contributed by atoms with van der Waals surface area (Å²) in [6.45, 7) is 3.61. The third-order valence-electron chi connectivity index (χ3n) is 4.76. The quantitative estimate of drug-likeness (QED) is 0.394. The van der Waals surface area contributed by atoms with Gasteiger partial charge in [0.2, 0.25) is 17.5 Å². The molecule has 1 atom stereocenters. The van der Waals surface area contributed by atoms with Gasteiger partial charge in [-0.2, -0.15) is 0 Å². The van der Waals surface area contributed by atoms with Gasteiger partial charge in [0.05, 0.1) is 6.61 Å². The molecule has 1 aromatic heterocycles. The Morgan fingerprint density at radius 1 is 1.06 bits per heavy atom. The second-order valence-electron chi connectivity index (χ2n) is 7.13. The van der Waals surface area contributed by atoms with Crippen LogP contribution < -0.4 is 5.32 Å². The predicted molar refractivity (Wildman–Crippen MR) is 116 cm³/mol. The smallest absolute Gasteiger partial charge is 0.375 e. The van der Waals surface area contributed by atoms with Crippen molar-refractivity contribution in [2.24, 2.45) is 0 Å². The molecule has 0 saturated heterocycles. The number of esters is 1. The minimum atomic E-state index is -1.02. The lowest BCUT2D eigenvalue weighted by molar-refractivity contribution is -0.116. The van der Waals surface area contributed by atoms with E-state index in [4.69, 9.17) is 13.9 Å². The maximum atomic E-state index is 12.7. The van der Waals surface area contributed by atoms with Crippen LogP contribution in [0.4, 0.5) is 5.69 Å². The molecule has 162 valence electrons. The summed E-state index contributed by atoms with van der Waals surface area (Å²) in [4.78, 5) is 37.1. The lowest BCUT2D eigenvalue weighted by Crippen LogP contribution is -2.24. The normalized spacial score (nSPS) is 11.8. The number of para-hydroxylation sites is 1. The Hall–Kier alpha value is -3.45. The molecule has 3 rings (SSSR count). The Labute approximate surface area is 180 Å². The molecule has 0 aliphatic heterocycles. The first-order chi connectivity index (χ1) is 14.9. The van der Waals surface area contributed by atoms with E-state index in [2.05, 4.69) is 5.32 Å². The second-order valence-corrected chi connectivity index (χ2v) is 7.13. The molecule has 7 nitrogen and oxygen atoms in total. The topological polar surface area (TPSA) is 94.8 Å². The molecule has 1 heterocycles. The van der Waals surface area contributed by atoms with Gasteiger partial charge in [0.1, 0.15) is 5.58 Å². The second kappa shape index (κ2) is 10.0. The first kappa shape index (κ1) is 22.2. The summed E-state index contributed by atoms with van der Waals surface area (Å²) in [5.74, 6) is -1.14. The molecule has 0 aliphatic carbocycles. The third kappa shape index (κ3) is 5.19. The molecular weight excluding hydrogens is 398 g/mol. The largest absolute Gasteiger partial charge is 0.449 e. The fourth-order valence-electron chi connectivity index (χ4n) is 3.22. The number of carbonyl (C=O) groups excluding carboxylic acids is 3. The average Bonchev–Trinajstić information content (AvgIpc) is 3.13. The summed E-state index contributed by atoms with van der Waals surface area (Å²) in [6.07, 6.45) is 0.167.